The Labute approximate surface area is 297 Å². The van der Waals surface area contributed by atoms with Crippen molar-refractivity contribution < 1.29 is 0 Å². The summed E-state index contributed by atoms with van der Waals surface area (Å²) >= 11 is 0. The third kappa shape index (κ3) is 3.70. The maximum atomic E-state index is 5.17. The van der Waals surface area contributed by atoms with Crippen LogP contribution in [0.15, 0.2) is 170 Å². The molecule has 0 unspecified atom stereocenters. The molecule has 240 valence electrons. The van der Waals surface area contributed by atoms with E-state index in [1.807, 2.05) is 24.3 Å². The molecule has 0 N–H and O–H groups in total. The van der Waals surface area contributed by atoms with Crippen LogP contribution in [0.5, 0.6) is 0 Å². The van der Waals surface area contributed by atoms with Crippen molar-refractivity contribution >= 4 is 82.0 Å². The highest BCUT2D eigenvalue weighted by atomic mass is 15.0. The summed E-state index contributed by atoms with van der Waals surface area (Å²) in [5, 5.41) is 8.57. The van der Waals surface area contributed by atoms with Gasteiger partial charge in [-0.2, -0.15) is 0 Å². The lowest BCUT2D eigenvalue weighted by Crippen LogP contribution is -1.95. The second-order valence-electron chi connectivity index (χ2n) is 13.8. The van der Waals surface area contributed by atoms with Crippen molar-refractivity contribution in [2.45, 2.75) is 0 Å². The Kier molecular flexibility index (Phi) is 5.47. The second-order valence-corrected chi connectivity index (χ2v) is 13.8. The van der Waals surface area contributed by atoms with E-state index in [0.717, 1.165) is 38.8 Å². The molecule has 12 aromatic rings. The van der Waals surface area contributed by atoms with Crippen LogP contribution >= 0.6 is 0 Å². The summed E-state index contributed by atoms with van der Waals surface area (Å²) in [7, 11) is 0. The van der Waals surface area contributed by atoms with Crippen LogP contribution in [0.1, 0.15) is 0 Å². The average Bonchev–Trinajstić information content (AvgIpc) is 3.84. The molecule has 0 aliphatic carbocycles. The van der Waals surface area contributed by atoms with Crippen molar-refractivity contribution in [1.29, 1.82) is 0 Å². The summed E-state index contributed by atoms with van der Waals surface area (Å²) in [5.41, 5.74) is 14.3. The summed E-state index contributed by atoms with van der Waals surface area (Å²) in [6.07, 6.45) is 0. The van der Waals surface area contributed by atoms with Gasteiger partial charge in [-0.3, -0.25) is 4.40 Å². The van der Waals surface area contributed by atoms with Gasteiger partial charge >= 0.3 is 0 Å². The van der Waals surface area contributed by atoms with E-state index in [2.05, 4.69) is 155 Å². The molecule has 0 atom stereocenters. The highest BCUT2D eigenvalue weighted by molar-refractivity contribution is 6.25. The zero-order valence-electron chi connectivity index (χ0n) is 28.0. The highest BCUT2D eigenvalue weighted by Gasteiger charge is 2.22. The lowest BCUT2D eigenvalue weighted by atomic mass is 9.94. The summed E-state index contributed by atoms with van der Waals surface area (Å²) in [6.45, 7) is 0. The van der Waals surface area contributed by atoms with Crippen LogP contribution in [-0.2, 0) is 0 Å². The maximum Gasteiger partial charge on any atom is 0.165 e. The van der Waals surface area contributed by atoms with Crippen LogP contribution in [0.25, 0.3) is 110 Å². The van der Waals surface area contributed by atoms with Crippen molar-refractivity contribution in [3.8, 4) is 27.9 Å². The lowest BCUT2D eigenvalue weighted by molar-refractivity contribution is 1.18. The number of benzene rings is 8. The van der Waals surface area contributed by atoms with Gasteiger partial charge < -0.3 is 4.57 Å². The molecule has 4 heteroatoms. The van der Waals surface area contributed by atoms with Gasteiger partial charge in [-0.25, -0.2) is 9.97 Å². The van der Waals surface area contributed by atoms with Crippen molar-refractivity contribution in [1.82, 2.24) is 18.9 Å². The number of fused-ring (bicyclic) bond motifs is 12. The van der Waals surface area contributed by atoms with Gasteiger partial charge in [0.15, 0.2) is 5.65 Å². The molecule has 4 aromatic heterocycles. The molecule has 4 heterocycles. The predicted octanol–water partition coefficient (Wildman–Crippen LogP) is 12.4. The third-order valence-corrected chi connectivity index (χ3v) is 11.0. The molecule has 8 aromatic carbocycles. The van der Waals surface area contributed by atoms with E-state index in [1.165, 1.54) is 71.1 Å². The second kappa shape index (κ2) is 10.3. The first kappa shape index (κ1) is 27.7. The Balaban J connectivity index is 1.21. The van der Waals surface area contributed by atoms with Gasteiger partial charge in [-0.15, -0.1) is 0 Å². The van der Waals surface area contributed by atoms with Crippen LogP contribution in [0.2, 0.25) is 0 Å². The summed E-state index contributed by atoms with van der Waals surface area (Å²) in [5.74, 6) is 0. The van der Waals surface area contributed by atoms with E-state index < -0.39 is 0 Å². The molecule has 4 nitrogen and oxygen atoms in total. The van der Waals surface area contributed by atoms with Crippen molar-refractivity contribution in [3.05, 3.63) is 170 Å². The van der Waals surface area contributed by atoms with E-state index in [9.17, 15) is 0 Å². The van der Waals surface area contributed by atoms with E-state index in [4.69, 9.17) is 9.97 Å². The Morgan fingerprint density at radius 2 is 1.08 bits per heavy atom. The van der Waals surface area contributed by atoms with Crippen molar-refractivity contribution in [3.63, 3.8) is 0 Å². The Hall–Kier alpha value is -7.04. The minimum atomic E-state index is 0.899. The largest absolute Gasteiger partial charge is 0.309 e. The molecule has 0 saturated heterocycles. The van der Waals surface area contributed by atoms with Gasteiger partial charge in [-0.1, -0.05) is 127 Å². The number of rotatable bonds is 3. The fourth-order valence-corrected chi connectivity index (χ4v) is 8.76. The molecule has 0 fully saturated rings. The predicted molar refractivity (Wildman–Crippen MR) is 217 cm³/mol. The van der Waals surface area contributed by atoms with Gasteiger partial charge in [-0.05, 0) is 75.5 Å². The summed E-state index contributed by atoms with van der Waals surface area (Å²) < 4.78 is 4.80. The number of aromatic nitrogens is 4. The maximum absolute atomic E-state index is 5.17. The molecule has 0 spiro atoms. The minimum absolute atomic E-state index is 0.899. The normalized spacial score (nSPS) is 12.2. The number of hydrogen-bond acceptors (Lipinski definition) is 2. The zero-order chi connectivity index (χ0) is 33.9. The quantitative estimate of drug-likeness (QED) is 0.189. The van der Waals surface area contributed by atoms with Crippen LogP contribution in [-0.4, -0.2) is 18.9 Å². The summed E-state index contributed by atoms with van der Waals surface area (Å²) in [6, 6.07) is 61.4. The van der Waals surface area contributed by atoms with Crippen LogP contribution in [0.4, 0.5) is 0 Å². The molecule has 0 saturated carbocycles. The fourth-order valence-electron chi connectivity index (χ4n) is 8.76. The smallest absolute Gasteiger partial charge is 0.165 e. The van der Waals surface area contributed by atoms with E-state index in [1.54, 1.807) is 0 Å². The molecule has 0 aliphatic heterocycles. The van der Waals surface area contributed by atoms with E-state index >= 15 is 0 Å². The standard InChI is InChI=1S/C48H28N4/c1-3-12-29(13-4-1)31-22-24-36-43(26-31)51(44-28-38(30-14-5-2-6-15-30)33-16-7-8-17-34(33)45(36)44)32-23-25-42-39(27-32)35-18-11-19-37-46-48(52(42)47(35)37)50-41-21-10-9-20-40(41)49-46/h1-28H. The molecule has 0 aliphatic rings. The molecule has 52 heavy (non-hydrogen) atoms. The minimum Gasteiger partial charge on any atom is -0.309 e. The van der Waals surface area contributed by atoms with Gasteiger partial charge in [0.1, 0.15) is 5.52 Å². The SMILES string of the molecule is c1ccc(-c2ccc3c4c5ccccc5c(-c5ccccc5)cc4n(-c4ccc5c(c4)c4cccc6c7nc8ccccc8nc7n5c46)c3c2)cc1. The van der Waals surface area contributed by atoms with Gasteiger partial charge in [0.2, 0.25) is 0 Å². The molecular weight excluding hydrogens is 633 g/mol. The molecule has 12 rings (SSSR count). The van der Waals surface area contributed by atoms with Gasteiger partial charge in [0.25, 0.3) is 0 Å². The molecule has 0 amide bonds. The first-order valence-electron chi connectivity index (χ1n) is 17.8. The fraction of sp³-hybridized carbons (Fsp3) is 0. The first-order chi connectivity index (χ1) is 25.8. The lowest BCUT2D eigenvalue weighted by Gasteiger charge is -2.13. The highest BCUT2D eigenvalue weighted by Crippen LogP contribution is 2.44. The molecule has 0 radical (unpaired) electrons. The molecular formula is C48H28N4. The first-order valence-corrected chi connectivity index (χ1v) is 17.8. The third-order valence-electron chi connectivity index (χ3n) is 11.0. The summed E-state index contributed by atoms with van der Waals surface area (Å²) in [4.78, 5) is 10.3. The van der Waals surface area contributed by atoms with Crippen LogP contribution in [0.3, 0.4) is 0 Å². The van der Waals surface area contributed by atoms with E-state index in [-0.39, 0.29) is 0 Å². The zero-order valence-corrected chi connectivity index (χ0v) is 28.0. The number of nitrogens with zero attached hydrogens (tertiary/aromatic N) is 4. The van der Waals surface area contributed by atoms with Crippen LogP contribution in [0, 0.1) is 0 Å². The van der Waals surface area contributed by atoms with E-state index in [0.29, 0.717) is 0 Å². The van der Waals surface area contributed by atoms with Crippen molar-refractivity contribution in [2.24, 2.45) is 0 Å². The number of para-hydroxylation sites is 3. The Morgan fingerprint density at radius 3 is 1.90 bits per heavy atom. The van der Waals surface area contributed by atoms with Crippen molar-refractivity contribution in [2.75, 3.05) is 0 Å². The van der Waals surface area contributed by atoms with Crippen LogP contribution < -0.4 is 0 Å². The number of hydrogen-bond donors (Lipinski definition) is 0. The monoisotopic (exact) mass is 660 g/mol. The Morgan fingerprint density at radius 1 is 0.385 bits per heavy atom. The van der Waals surface area contributed by atoms with Gasteiger partial charge in [0, 0.05) is 32.6 Å². The average molecular weight is 661 g/mol. The topological polar surface area (TPSA) is 35.1 Å². The molecule has 0 bridgehead atoms. The van der Waals surface area contributed by atoms with Gasteiger partial charge in [0.05, 0.1) is 33.1 Å². The Bertz CT molecular complexity index is 3390.